The Kier molecular flexibility index (Phi) is 23.0. The number of rotatable bonds is 29. The molecule has 56 heavy (non-hydrogen) atoms. The van der Waals surface area contributed by atoms with Gasteiger partial charge in [-0.1, -0.05) is 92.4 Å². The number of aromatic amines is 4. The van der Waals surface area contributed by atoms with E-state index in [2.05, 4.69) is 40.8 Å². The molecule has 0 aromatic carbocycles. The molecule has 0 aliphatic carbocycles. The lowest BCUT2D eigenvalue weighted by Gasteiger charge is -2.33. The number of thioether (sulfide) groups is 4. The van der Waals surface area contributed by atoms with Crippen LogP contribution in [0.3, 0.4) is 0 Å². The van der Waals surface area contributed by atoms with E-state index in [1.807, 2.05) is 0 Å². The van der Waals surface area contributed by atoms with Crippen LogP contribution in [-0.2, 0) is 18.9 Å². The Labute approximate surface area is 373 Å². The summed E-state index contributed by atoms with van der Waals surface area (Å²) in [5.74, 6) is 0.841. The number of ether oxygens (including phenoxy) is 4. The summed E-state index contributed by atoms with van der Waals surface area (Å²) in [6.07, 6.45) is -9.60. The van der Waals surface area contributed by atoms with Crippen LogP contribution >= 0.6 is 141 Å². The van der Waals surface area contributed by atoms with Gasteiger partial charge in [-0.3, -0.25) is 20.4 Å². The molecule has 10 N–H and O–H groups in total. The van der Waals surface area contributed by atoms with Crippen molar-refractivity contribution < 1.29 is 49.6 Å². The van der Waals surface area contributed by atoms with E-state index in [0.717, 1.165) is 0 Å². The van der Waals surface area contributed by atoms with Crippen LogP contribution < -0.4 is 0 Å². The molecule has 314 valence electrons. The first-order valence-electron chi connectivity index (χ1n) is 16.0. The Balaban J connectivity index is 1.39. The number of H-pyrrole nitrogens is 4. The Bertz CT molecular complexity index is 1920. The van der Waals surface area contributed by atoms with E-state index in [4.69, 9.17) is 67.8 Å². The standard InChI is InChI=1S/C26H38N8O10S12/c35-11(7-49-23-31-27-19(45)53-23)1-41-5-15(39)18(44-4-14(38)10-52-26-34-30-22(48)56-26)17(40)16(43-3-13(37)9-51-25-33-29-21(47)55-25)6-42-2-12(36)8-50-24-32-28-20(46)54-24/h11-18,35-40H,1-10H2,(H,27,45)(H,28,46)(H,29,47)(H,30,48). The van der Waals surface area contributed by atoms with Gasteiger partial charge < -0.3 is 49.6 Å². The van der Waals surface area contributed by atoms with Crippen LogP contribution in [0, 0.1) is 15.8 Å². The summed E-state index contributed by atoms with van der Waals surface area (Å²) < 4.78 is 27.8. The minimum Gasteiger partial charge on any atom is -0.390 e. The molecule has 0 aliphatic heterocycles. The van der Waals surface area contributed by atoms with Crippen molar-refractivity contribution in [3.8, 4) is 0 Å². The molecule has 0 amide bonds. The van der Waals surface area contributed by atoms with Crippen LogP contribution in [0.4, 0.5) is 0 Å². The predicted octanol–water partition coefficient (Wildman–Crippen LogP) is 3.18. The second kappa shape index (κ2) is 26.5. The molecule has 18 nitrogen and oxygen atoms in total. The van der Waals surface area contributed by atoms with Crippen molar-refractivity contribution in [1.29, 1.82) is 0 Å². The fraction of sp³-hybridized carbons (Fsp3) is 0.692. The SMILES string of the molecule is OC(COCC(O)C(OCC(O)CSc1n[nH]c(=S)s1)C(O)C(COCC(O)CSc1n[nH]c(=S)s1)OCC(O)CSc1n[nH]c(=S)s1)CSc1n[nH]c(=S)s1. The summed E-state index contributed by atoms with van der Waals surface area (Å²) in [4.78, 5) is 0. The van der Waals surface area contributed by atoms with Gasteiger partial charge in [-0.25, -0.2) is 0 Å². The smallest absolute Gasteiger partial charge is 0.177 e. The Morgan fingerprint density at radius 2 is 0.821 bits per heavy atom. The maximum Gasteiger partial charge on any atom is 0.177 e. The van der Waals surface area contributed by atoms with Gasteiger partial charge in [0.2, 0.25) is 0 Å². The third kappa shape index (κ3) is 18.8. The van der Waals surface area contributed by atoms with E-state index in [-0.39, 0.29) is 62.7 Å². The summed E-state index contributed by atoms with van der Waals surface area (Å²) >= 11 is 30.3. The zero-order valence-corrected chi connectivity index (χ0v) is 38.5. The first kappa shape index (κ1) is 48.8. The summed E-state index contributed by atoms with van der Waals surface area (Å²) in [7, 11) is 0. The lowest BCUT2D eigenvalue weighted by atomic mass is 10.0. The molecular weight excluding hydrogens is 969 g/mol. The number of aliphatic hydroxyl groups is 6. The highest BCUT2D eigenvalue weighted by Crippen LogP contribution is 2.25. The molecule has 0 saturated heterocycles. The van der Waals surface area contributed by atoms with Crippen molar-refractivity contribution in [3.05, 3.63) is 15.8 Å². The molecule has 8 unspecified atom stereocenters. The topological polar surface area (TPSA) is 273 Å². The van der Waals surface area contributed by atoms with Gasteiger partial charge in [-0.15, -0.1) is 0 Å². The molecule has 4 aromatic rings. The first-order chi connectivity index (χ1) is 26.8. The van der Waals surface area contributed by atoms with Crippen LogP contribution in [0.25, 0.3) is 0 Å². The van der Waals surface area contributed by atoms with E-state index >= 15 is 0 Å². The highest BCUT2D eigenvalue weighted by Gasteiger charge is 2.36. The first-order valence-corrected chi connectivity index (χ1v) is 24.9. The normalized spacial score (nSPS) is 16.3. The van der Waals surface area contributed by atoms with Gasteiger partial charge in [0.1, 0.15) is 24.4 Å². The van der Waals surface area contributed by atoms with Crippen LogP contribution in [0.2, 0.25) is 0 Å². The Morgan fingerprint density at radius 1 is 0.482 bits per heavy atom. The quantitative estimate of drug-likeness (QED) is 0.0276. The van der Waals surface area contributed by atoms with Gasteiger partial charge in [-0.2, -0.15) is 20.4 Å². The van der Waals surface area contributed by atoms with Crippen molar-refractivity contribution >= 4 is 141 Å². The monoisotopic (exact) mass is 1010 g/mol. The highest BCUT2D eigenvalue weighted by molar-refractivity contribution is 8.02. The van der Waals surface area contributed by atoms with Crippen molar-refractivity contribution in [2.45, 2.75) is 66.2 Å². The summed E-state index contributed by atoms with van der Waals surface area (Å²) in [5, 5.41) is 92.4. The molecule has 0 aliphatic rings. The second-order valence-corrected chi connectivity index (χ2v) is 22.9. The number of aliphatic hydroxyl groups excluding tert-OH is 6. The molecule has 0 radical (unpaired) electrons. The molecule has 4 rings (SSSR count). The number of nitrogens with zero attached hydrogens (tertiary/aromatic N) is 4. The zero-order chi connectivity index (χ0) is 40.5. The molecule has 0 spiro atoms. The van der Waals surface area contributed by atoms with Crippen molar-refractivity contribution in [2.75, 3.05) is 62.7 Å². The van der Waals surface area contributed by atoms with Crippen molar-refractivity contribution in [1.82, 2.24) is 40.8 Å². The van der Waals surface area contributed by atoms with Gasteiger partial charge in [0, 0.05) is 23.0 Å². The Hall–Kier alpha value is 0.120. The molecule has 0 saturated carbocycles. The Morgan fingerprint density at radius 3 is 1.18 bits per heavy atom. The van der Waals surface area contributed by atoms with E-state index < -0.39 is 48.8 Å². The van der Waals surface area contributed by atoms with Crippen LogP contribution in [0.15, 0.2) is 17.4 Å². The number of aromatic nitrogens is 8. The van der Waals surface area contributed by atoms with Gasteiger partial charge in [0.25, 0.3) is 0 Å². The van der Waals surface area contributed by atoms with Crippen molar-refractivity contribution in [2.24, 2.45) is 0 Å². The van der Waals surface area contributed by atoms with E-state index in [9.17, 15) is 30.6 Å². The predicted molar refractivity (Wildman–Crippen MR) is 229 cm³/mol. The van der Waals surface area contributed by atoms with E-state index in [1.54, 1.807) is 0 Å². The average Bonchev–Trinajstić information content (AvgIpc) is 3.98. The number of hydrogen-bond acceptors (Lipinski definition) is 26. The zero-order valence-electron chi connectivity index (χ0n) is 28.7. The molecule has 0 bridgehead atoms. The lowest BCUT2D eigenvalue weighted by molar-refractivity contribution is -0.181. The van der Waals surface area contributed by atoms with Crippen LogP contribution in [0.5, 0.6) is 0 Å². The molecule has 4 heterocycles. The molecule has 8 atom stereocenters. The minimum absolute atomic E-state index is 0.145. The van der Waals surface area contributed by atoms with Gasteiger partial charge in [0.05, 0.1) is 64.1 Å². The maximum absolute atomic E-state index is 11.7. The maximum atomic E-state index is 11.7. The van der Waals surface area contributed by atoms with Crippen LogP contribution in [0.1, 0.15) is 0 Å². The van der Waals surface area contributed by atoms with Gasteiger partial charge in [-0.05, 0) is 48.9 Å². The van der Waals surface area contributed by atoms with Gasteiger partial charge >= 0.3 is 0 Å². The number of hydrogen-bond donors (Lipinski definition) is 10. The summed E-state index contributed by atoms with van der Waals surface area (Å²) in [6, 6.07) is 0. The molecule has 4 aromatic heterocycles. The van der Waals surface area contributed by atoms with E-state index in [0.29, 0.717) is 33.2 Å². The van der Waals surface area contributed by atoms with Gasteiger partial charge in [0.15, 0.2) is 33.2 Å². The third-order valence-corrected chi connectivity index (χ3v) is 16.1. The van der Waals surface area contributed by atoms with Crippen LogP contribution in [-0.4, -0.2) is 183 Å². The molecule has 30 heteroatoms. The highest BCUT2D eigenvalue weighted by atomic mass is 32.2. The van der Waals surface area contributed by atoms with Crippen molar-refractivity contribution in [3.63, 3.8) is 0 Å². The molecule has 0 fully saturated rings. The summed E-state index contributed by atoms with van der Waals surface area (Å²) in [6.45, 7) is -1.51. The largest absolute Gasteiger partial charge is 0.390 e. The van der Waals surface area contributed by atoms with E-state index in [1.165, 1.54) is 92.4 Å². The fourth-order valence-corrected chi connectivity index (χ4v) is 12.1. The average molecular weight is 1010 g/mol. The number of nitrogens with one attached hydrogen (secondary N) is 4. The summed E-state index contributed by atoms with van der Waals surface area (Å²) in [5.41, 5.74) is 0. The fourth-order valence-electron chi connectivity index (χ4n) is 4.07. The molecular formula is C26H38N8O10S12. The lowest BCUT2D eigenvalue weighted by Crippen LogP contribution is -2.51. The third-order valence-electron chi connectivity index (χ3n) is 6.54. The minimum atomic E-state index is -1.60. The second-order valence-electron chi connectivity index (χ2n) is 11.2.